The van der Waals surface area contributed by atoms with Crippen LogP contribution in [0, 0.1) is 0 Å². The van der Waals surface area contributed by atoms with E-state index in [0.717, 1.165) is 38.2 Å². The van der Waals surface area contributed by atoms with Crippen LogP contribution in [0.25, 0.3) is 0 Å². The Morgan fingerprint density at radius 1 is 1.33 bits per heavy atom. The van der Waals surface area contributed by atoms with Crippen LogP contribution in [0.1, 0.15) is 18.9 Å². The molecule has 1 aromatic rings. The van der Waals surface area contributed by atoms with E-state index in [9.17, 15) is 5.11 Å². The van der Waals surface area contributed by atoms with Gasteiger partial charge >= 0.3 is 0 Å². The van der Waals surface area contributed by atoms with Crippen molar-refractivity contribution in [3.05, 3.63) is 29.8 Å². The van der Waals surface area contributed by atoms with Gasteiger partial charge in [-0.15, -0.1) is 0 Å². The molecule has 0 aliphatic rings. The van der Waals surface area contributed by atoms with E-state index in [2.05, 4.69) is 11.8 Å². The SMILES string of the molecule is CCN(CCCN)Cc1ccccc1O. The van der Waals surface area contributed by atoms with Gasteiger partial charge in [0.15, 0.2) is 0 Å². The van der Waals surface area contributed by atoms with E-state index in [0.29, 0.717) is 5.75 Å². The normalized spacial score (nSPS) is 10.9. The molecule has 15 heavy (non-hydrogen) atoms. The van der Waals surface area contributed by atoms with Gasteiger partial charge in [0, 0.05) is 12.1 Å². The highest BCUT2D eigenvalue weighted by Crippen LogP contribution is 2.17. The first kappa shape index (κ1) is 12.0. The minimum absolute atomic E-state index is 0.378. The van der Waals surface area contributed by atoms with Crippen molar-refractivity contribution < 1.29 is 5.11 Å². The molecular weight excluding hydrogens is 188 g/mol. The Labute approximate surface area is 91.5 Å². The average Bonchev–Trinajstić information content (AvgIpc) is 2.26. The maximum absolute atomic E-state index is 9.63. The first-order chi connectivity index (χ1) is 7.27. The Morgan fingerprint density at radius 2 is 2.07 bits per heavy atom. The number of aromatic hydroxyl groups is 1. The molecule has 0 heterocycles. The van der Waals surface area contributed by atoms with Gasteiger partial charge in [0.2, 0.25) is 0 Å². The number of hydrogen-bond donors (Lipinski definition) is 2. The third-order valence-electron chi connectivity index (χ3n) is 2.51. The minimum atomic E-state index is 0.378. The fraction of sp³-hybridized carbons (Fsp3) is 0.500. The van der Waals surface area contributed by atoms with E-state index in [1.165, 1.54) is 0 Å². The lowest BCUT2D eigenvalue weighted by molar-refractivity contribution is 0.274. The van der Waals surface area contributed by atoms with Crippen molar-refractivity contribution >= 4 is 0 Å². The lowest BCUT2D eigenvalue weighted by Crippen LogP contribution is -2.25. The predicted molar refractivity (Wildman–Crippen MR) is 62.7 cm³/mol. The number of nitrogens with two attached hydrogens (primary N) is 1. The quantitative estimate of drug-likeness (QED) is 0.746. The van der Waals surface area contributed by atoms with E-state index in [1.807, 2.05) is 18.2 Å². The van der Waals surface area contributed by atoms with Gasteiger partial charge in [-0.2, -0.15) is 0 Å². The van der Waals surface area contributed by atoms with Gasteiger partial charge in [-0.1, -0.05) is 25.1 Å². The summed E-state index contributed by atoms with van der Waals surface area (Å²) in [4.78, 5) is 2.28. The Kier molecular flexibility index (Phi) is 5.15. The summed E-state index contributed by atoms with van der Waals surface area (Å²) in [5.41, 5.74) is 6.46. The summed E-state index contributed by atoms with van der Waals surface area (Å²) >= 11 is 0. The highest BCUT2D eigenvalue weighted by Gasteiger charge is 2.05. The second kappa shape index (κ2) is 6.43. The van der Waals surface area contributed by atoms with Crippen molar-refractivity contribution in [2.75, 3.05) is 19.6 Å². The average molecular weight is 208 g/mol. The fourth-order valence-corrected chi connectivity index (χ4v) is 1.55. The summed E-state index contributed by atoms with van der Waals surface area (Å²) in [7, 11) is 0. The molecule has 0 aromatic heterocycles. The van der Waals surface area contributed by atoms with Crippen LogP contribution in [0.2, 0.25) is 0 Å². The molecule has 0 amide bonds. The van der Waals surface area contributed by atoms with Gasteiger partial charge in [0.25, 0.3) is 0 Å². The molecule has 0 spiro atoms. The third kappa shape index (κ3) is 3.90. The van der Waals surface area contributed by atoms with Crippen molar-refractivity contribution in [2.45, 2.75) is 19.9 Å². The van der Waals surface area contributed by atoms with E-state index in [-0.39, 0.29) is 0 Å². The Balaban J connectivity index is 2.54. The smallest absolute Gasteiger partial charge is 0.120 e. The number of para-hydroxylation sites is 1. The summed E-state index contributed by atoms with van der Waals surface area (Å²) in [6.45, 7) is 5.60. The molecule has 0 aliphatic heterocycles. The van der Waals surface area contributed by atoms with Gasteiger partial charge in [0.1, 0.15) is 5.75 Å². The molecule has 0 saturated heterocycles. The second-order valence-electron chi connectivity index (χ2n) is 3.64. The number of rotatable bonds is 6. The van der Waals surface area contributed by atoms with Crippen LogP contribution in [0.15, 0.2) is 24.3 Å². The monoisotopic (exact) mass is 208 g/mol. The number of phenols is 1. The zero-order valence-electron chi connectivity index (χ0n) is 9.32. The Bertz CT molecular complexity index is 289. The largest absolute Gasteiger partial charge is 0.508 e. The summed E-state index contributed by atoms with van der Waals surface area (Å²) < 4.78 is 0. The molecule has 3 heteroatoms. The number of benzene rings is 1. The molecule has 0 saturated carbocycles. The van der Waals surface area contributed by atoms with Crippen LogP contribution in [-0.2, 0) is 6.54 Å². The maximum atomic E-state index is 9.63. The lowest BCUT2D eigenvalue weighted by atomic mass is 10.2. The molecule has 3 nitrogen and oxygen atoms in total. The predicted octanol–water partition coefficient (Wildman–Crippen LogP) is 1.56. The van der Waals surface area contributed by atoms with Crippen LogP contribution in [0.3, 0.4) is 0 Å². The van der Waals surface area contributed by atoms with Crippen LogP contribution in [0.4, 0.5) is 0 Å². The van der Waals surface area contributed by atoms with Crippen LogP contribution in [-0.4, -0.2) is 29.6 Å². The molecular formula is C12H20N2O. The van der Waals surface area contributed by atoms with Gasteiger partial charge < -0.3 is 10.8 Å². The van der Waals surface area contributed by atoms with Crippen LogP contribution >= 0.6 is 0 Å². The van der Waals surface area contributed by atoms with Gasteiger partial charge in [-0.25, -0.2) is 0 Å². The summed E-state index contributed by atoms with van der Waals surface area (Å²) in [6.07, 6.45) is 1.00. The first-order valence-electron chi connectivity index (χ1n) is 5.47. The van der Waals surface area contributed by atoms with Crippen molar-refractivity contribution in [1.29, 1.82) is 0 Å². The molecule has 0 aliphatic carbocycles. The molecule has 1 aromatic carbocycles. The van der Waals surface area contributed by atoms with Gasteiger partial charge in [0.05, 0.1) is 0 Å². The van der Waals surface area contributed by atoms with Crippen LogP contribution in [0.5, 0.6) is 5.75 Å². The molecule has 0 radical (unpaired) electrons. The van der Waals surface area contributed by atoms with Gasteiger partial charge in [-0.3, -0.25) is 4.90 Å². The van der Waals surface area contributed by atoms with E-state index < -0.39 is 0 Å². The third-order valence-corrected chi connectivity index (χ3v) is 2.51. The second-order valence-corrected chi connectivity index (χ2v) is 3.64. The van der Waals surface area contributed by atoms with Crippen molar-refractivity contribution in [3.8, 4) is 5.75 Å². The first-order valence-corrected chi connectivity index (χ1v) is 5.47. The maximum Gasteiger partial charge on any atom is 0.120 e. The molecule has 3 N–H and O–H groups in total. The topological polar surface area (TPSA) is 49.5 Å². The molecule has 0 atom stereocenters. The van der Waals surface area contributed by atoms with E-state index in [1.54, 1.807) is 6.07 Å². The zero-order valence-corrected chi connectivity index (χ0v) is 9.32. The molecule has 1 rings (SSSR count). The summed E-state index contributed by atoms with van der Waals surface area (Å²) in [5, 5.41) is 9.63. The highest BCUT2D eigenvalue weighted by atomic mass is 16.3. The number of phenolic OH excluding ortho intramolecular Hbond substituents is 1. The molecule has 0 fully saturated rings. The molecule has 0 unspecified atom stereocenters. The fourth-order valence-electron chi connectivity index (χ4n) is 1.55. The Morgan fingerprint density at radius 3 is 2.67 bits per heavy atom. The molecule has 84 valence electrons. The van der Waals surface area contributed by atoms with Crippen molar-refractivity contribution in [1.82, 2.24) is 4.90 Å². The van der Waals surface area contributed by atoms with E-state index in [4.69, 9.17) is 5.73 Å². The van der Waals surface area contributed by atoms with Gasteiger partial charge in [-0.05, 0) is 32.1 Å². The lowest BCUT2D eigenvalue weighted by Gasteiger charge is -2.20. The Hall–Kier alpha value is -1.06. The summed E-state index contributed by atoms with van der Waals surface area (Å²) in [5.74, 6) is 0.378. The highest BCUT2D eigenvalue weighted by molar-refractivity contribution is 5.31. The number of hydrogen-bond acceptors (Lipinski definition) is 3. The zero-order chi connectivity index (χ0) is 11.1. The number of nitrogens with zero attached hydrogens (tertiary/aromatic N) is 1. The summed E-state index contributed by atoms with van der Waals surface area (Å²) in [6, 6.07) is 7.48. The van der Waals surface area contributed by atoms with Crippen LogP contribution < -0.4 is 5.73 Å². The van der Waals surface area contributed by atoms with Crippen molar-refractivity contribution in [3.63, 3.8) is 0 Å². The minimum Gasteiger partial charge on any atom is -0.508 e. The van der Waals surface area contributed by atoms with Crippen molar-refractivity contribution in [2.24, 2.45) is 5.73 Å². The van der Waals surface area contributed by atoms with E-state index >= 15 is 0 Å². The standard InChI is InChI=1S/C12H20N2O/c1-2-14(9-5-8-13)10-11-6-3-4-7-12(11)15/h3-4,6-7,15H,2,5,8-10,13H2,1H3. The molecule has 0 bridgehead atoms.